The number of methoxy groups -OCH3 is 1. The van der Waals surface area contributed by atoms with Gasteiger partial charge in [0.2, 0.25) is 0 Å². The van der Waals surface area contributed by atoms with Crippen LogP contribution in [0.25, 0.3) is 0 Å². The Morgan fingerprint density at radius 1 is 0.895 bits per heavy atom. The van der Waals surface area contributed by atoms with Gasteiger partial charge >= 0.3 is 5.97 Å². The lowest BCUT2D eigenvalue weighted by Crippen LogP contribution is -3.00. The fourth-order valence-electron chi connectivity index (χ4n) is 2.39. The second-order valence-electron chi connectivity index (χ2n) is 5.31. The zero-order valence-corrected chi connectivity index (χ0v) is 14.9. The molecule has 116 valence electrons. The summed E-state index contributed by atoms with van der Waals surface area (Å²) in [5.41, 5.74) is 0. The van der Waals surface area contributed by atoms with E-state index < -0.39 is 7.26 Å². The van der Waals surface area contributed by atoms with E-state index in [-0.39, 0.29) is 18.4 Å². The SMILES string of the molecule is CCCC[P+](CCCC)(CCCC)CC(=O)OC.[Cl-]. The summed E-state index contributed by atoms with van der Waals surface area (Å²) < 4.78 is 4.93. The van der Waals surface area contributed by atoms with E-state index in [0.29, 0.717) is 0 Å². The Labute approximate surface area is 126 Å². The first-order chi connectivity index (χ1) is 8.64. The molecule has 0 saturated heterocycles. The van der Waals surface area contributed by atoms with Gasteiger partial charge in [0.1, 0.15) is 0 Å². The van der Waals surface area contributed by atoms with Crippen LogP contribution in [0.1, 0.15) is 59.3 Å². The van der Waals surface area contributed by atoms with Gasteiger partial charge in [-0.1, -0.05) is 40.0 Å². The average molecular weight is 311 g/mol. The predicted molar refractivity (Wildman–Crippen MR) is 83.1 cm³/mol. The fraction of sp³-hybridized carbons (Fsp3) is 0.933. The molecule has 0 aromatic heterocycles. The van der Waals surface area contributed by atoms with E-state index in [2.05, 4.69) is 20.8 Å². The highest BCUT2D eigenvalue weighted by atomic mass is 35.5. The number of halogens is 1. The Balaban J connectivity index is 0. The Morgan fingerprint density at radius 3 is 1.53 bits per heavy atom. The Bertz CT molecular complexity index is 200. The Hall–Kier alpha value is 0.190. The zero-order chi connectivity index (χ0) is 13.9. The molecule has 0 amide bonds. The summed E-state index contributed by atoms with van der Waals surface area (Å²) in [7, 11) is 0.431. The van der Waals surface area contributed by atoms with Gasteiger partial charge < -0.3 is 17.1 Å². The minimum atomic E-state index is -1.09. The summed E-state index contributed by atoms with van der Waals surface area (Å²) in [5.74, 6) is 0.0200. The lowest BCUT2D eigenvalue weighted by atomic mass is 10.4. The van der Waals surface area contributed by atoms with Gasteiger partial charge in [-0.2, -0.15) is 0 Å². The largest absolute Gasteiger partial charge is 1.00 e. The van der Waals surface area contributed by atoms with E-state index in [9.17, 15) is 4.79 Å². The molecule has 0 saturated carbocycles. The molecule has 0 atom stereocenters. The lowest BCUT2D eigenvalue weighted by Gasteiger charge is -2.26. The topological polar surface area (TPSA) is 26.3 Å². The molecule has 0 heterocycles. The summed E-state index contributed by atoms with van der Waals surface area (Å²) in [4.78, 5) is 11.7. The molecule has 0 spiro atoms. The van der Waals surface area contributed by atoms with Crippen molar-refractivity contribution in [2.45, 2.75) is 59.3 Å². The quantitative estimate of drug-likeness (QED) is 0.428. The number of esters is 1. The lowest BCUT2D eigenvalue weighted by molar-refractivity contribution is -0.137. The van der Waals surface area contributed by atoms with Crippen LogP contribution in [0.15, 0.2) is 0 Å². The van der Waals surface area contributed by atoms with Crippen molar-refractivity contribution in [1.82, 2.24) is 0 Å². The molecule has 4 heteroatoms. The van der Waals surface area contributed by atoms with Crippen LogP contribution in [0.2, 0.25) is 0 Å². The molecule has 0 radical (unpaired) electrons. The van der Waals surface area contributed by atoms with Crippen molar-refractivity contribution in [3.63, 3.8) is 0 Å². The number of hydrogen-bond donors (Lipinski definition) is 0. The standard InChI is InChI=1S/C15H32O2P.ClH/c1-5-8-11-18(12-9-6-2,13-10-7-3)14-15(16)17-4;/h5-14H2,1-4H3;1H/q+1;/p-1. The van der Waals surface area contributed by atoms with E-state index in [1.807, 2.05) is 0 Å². The van der Waals surface area contributed by atoms with Gasteiger partial charge in [0, 0.05) is 7.26 Å². The van der Waals surface area contributed by atoms with Crippen LogP contribution in [0.5, 0.6) is 0 Å². The van der Waals surface area contributed by atoms with Crippen LogP contribution in [0.4, 0.5) is 0 Å². The molecular weight excluding hydrogens is 279 g/mol. The maximum atomic E-state index is 11.7. The van der Waals surface area contributed by atoms with Gasteiger partial charge in [0.05, 0.1) is 25.6 Å². The number of carbonyl (C=O) groups is 1. The third-order valence-corrected chi connectivity index (χ3v) is 8.37. The third kappa shape index (κ3) is 9.68. The van der Waals surface area contributed by atoms with E-state index in [0.717, 1.165) is 6.16 Å². The van der Waals surface area contributed by atoms with Crippen molar-refractivity contribution in [3.05, 3.63) is 0 Å². The number of carbonyl (C=O) groups excluding carboxylic acids is 1. The average Bonchev–Trinajstić information content (AvgIpc) is 2.40. The van der Waals surface area contributed by atoms with Gasteiger partial charge in [-0.15, -0.1) is 0 Å². The van der Waals surface area contributed by atoms with Crippen LogP contribution in [-0.2, 0) is 9.53 Å². The van der Waals surface area contributed by atoms with Crippen LogP contribution in [0, 0.1) is 0 Å². The van der Waals surface area contributed by atoms with E-state index in [1.165, 1.54) is 64.1 Å². The first-order valence-corrected chi connectivity index (χ1v) is 10.1. The van der Waals surface area contributed by atoms with Crippen molar-refractivity contribution < 1.29 is 21.9 Å². The van der Waals surface area contributed by atoms with Crippen molar-refractivity contribution >= 4 is 13.2 Å². The third-order valence-electron chi connectivity index (χ3n) is 3.65. The van der Waals surface area contributed by atoms with Gasteiger partial charge in [0.15, 0.2) is 6.16 Å². The molecule has 0 aliphatic rings. The molecule has 0 rings (SSSR count). The van der Waals surface area contributed by atoms with E-state index >= 15 is 0 Å². The fourth-order valence-corrected chi connectivity index (χ4v) is 7.17. The molecule has 0 aliphatic carbocycles. The molecule has 0 aliphatic heterocycles. The summed E-state index contributed by atoms with van der Waals surface area (Å²) >= 11 is 0. The summed E-state index contributed by atoms with van der Waals surface area (Å²) in [6.45, 7) is 6.73. The maximum absolute atomic E-state index is 11.7. The molecule has 0 fully saturated rings. The number of ether oxygens (including phenoxy) is 1. The first kappa shape index (κ1) is 21.5. The smallest absolute Gasteiger partial charge is 0.343 e. The first-order valence-electron chi connectivity index (χ1n) is 7.56. The second-order valence-corrected chi connectivity index (χ2v) is 9.65. The Morgan fingerprint density at radius 2 is 1.26 bits per heavy atom. The highest BCUT2D eigenvalue weighted by Gasteiger charge is 2.38. The summed E-state index contributed by atoms with van der Waals surface area (Å²) in [6, 6.07) is 0. The van der Waals surface area contributed by atoms with Crippen LogP contribution in [0.3, 0.4) is 0 Å². The Kier molecular flexibility index (Phi) is 14.9. The summed E-state index contributed by atoms with van der Waals surface area (Å²) in [5, 5.41) is 0. The zero-order valence-electron chi connectivity index (χ0n) is 13.2. The molecule has 0 unspecified atom stereocenters. The van der Waals surface area contributed by atoms with Crippen molar-refractivity contribution in [2.75, 3.05) is 31.8 Å². The highest BCUT2D eigenvalue weighted by molar-refractivity contribution is 7.76. The van der Waals surface area contributed by atoms with Crippen LogP contribution < -0.4 is 12.4 Å². The normalized spacial score (nSPS) is 10.9. The second kappa shape index (κ2) is 13.2. The van der Waals surface area contributed by atoms with Gasteiger partial charge in [-0.25, -0.2) is 4.79 Å². The molecular formula is C15H32ClO2P. The van der Waals surface area contributed by atoms with Gasteiger partial charge in [0.25, 0.3) is 0 Å². The summed E-state index contributed by atoms with van der Waals surface area (Å²) in [6.07, 6.45) is 12.1. The van der Waals surface area contributed by atoms with Gasteiger partial charge in [-0.3, -0.25) is 0 Å². The van der Waals surface area contributed by atoms with E-state index in [1.54, 1.807) is 0 Å². The molecule has 2 nitrogen and oxygen atoms in total. The molecule has 0 bridgehead atoms. The molecule has 19 heavy (non-hydrogen) atoms. The maximum Gasteiger partial charge on any atom is 0.343 e. The minimum Gasteiger partial charge on any atom is -1.00 e. The molecule has 0 aromatic carbocycles. The highest BCUT2D eigenvalue weighted by Crippen LogP contribution is 2.60. The van der Waals surface area contributed by atoms with Crippen LogP contribution >= 0.6 is 7.26 Å². The van der Waals surface area contributed by atoms with Crippen molar-refractivity contribution in [3.8, 4) is 0 Å². The van der Waals surface area contributed by atoms with Crippen LogP contribution in [-0.4, -0.2) is 37.7 Å². The van der Waals surface area contributed by atoms with Crippen molar-refractivity contribution in [2.24, 2.45) is 0 Å². The number of unbranched alkanes of at least 4 members (excludes halogenated alkanes) is 3. The number of hydrogen-bond acceptors (Lipinski definition) is 2. The minimum absolute atomic E-state index is 0. The predicted octanol–water partition coefficient (Wildman–Crippen LogP) is 1.58. The number of rotatable bonds is 11. The monoisotopic (exact) mass is 310 g/mol. The molecule has 0 aromatic rings. The molecule has 0 N–H and O–H groups in total. The van der Waals surface area contributed by atoms with Gasteiger partial charge in [-0.05, 0) is 19.3 Å². The van der Waals surface area contributed by atoms with E-state index in [4.69, 9.17) is 4.74 Å². The van der Waals surface area contributed by atoms with Crippen molar-refractivity contribution in [1.29, 1.82) is 0 Å².